The summed E-state index contributed by atoms with van der Waals surface area (Å²) in [5.74, 6) is 0.630. The molecular formula is C22H27N3O2. The molecule has 1 N–H and O–H groups in total. The topological polar surface area (TPSA) is 69.4 Å². The number of β-amino-alcohol motifs (C(OH)–C–C–N with tert-alkyl or cyclic N) is 1. The number of aliphatic hydroxyl groups is 1. The average molecular weight is 365 g/mol. The Hall–Kier alpha value is -2.42. The summed E-state index contributed by atoms with van der Waals surface area (Å²) in [4.78, 5) is 6.42. The molecule has 0 spiro atoms. The van der Waals surface area contributed by atoms with Gasteiger partial charge < -0.3 is 9.84 Å². The van der Waals surface area contributed by atoms with Crippen molar-refractivity contribution in [2.24, 2.45) is 0 Å². The molecule has 5 heteroatoms. The number of rotatable bonds is 8. The van der Waals surface area contributed by atoms with E-state index in [0.29, 0.717) is 18.7 Å². The maximum absolute atomic E-state index is 10.8. The zero-order chi connectivity index (χ0) is 19.4. The van der Waals surface area contributed by atoms with Crippen molar-refractivity contribution in [1.29, 1.82) is 5.26 Å². The molecule has 2 aromatic rings. The van der Waals surface area contributed by atoms with Crippen LogP contribution >= 0.6 is 0 Å². The molecule has 1 atom stereocenters. The van der Waals surface area contributed by atoms with Crippen LogP contribution in [0.1, 0.15) is 47.6 Å². The molecule has 1 aromatic carbocycles. The summed E-state index contributed by atoms with van der Waals surface area (Å²) in [6.45, 7) is 5.40. The standard InChI is InChI=1S/C22H27N3O2/c1-16-4-5-18(10-17(16)2)14-25(22(6-7-22)8-9-23)15-21(26)19-11-20(27-3)13-24-12-19/h4-5,10-13,21,26H,6-8,14-15H2,1-3H3. The van der Waals surface area contributed by atoms with E-state index in [0.717, 1.165) is 24.9 Å². The van der Waals surface area contributed by atoms with E-state index in [2.05, 4.69) is 48.0 Å². The van der Waals surface area contributed by atoms with Gasteiger partial charge in [0.1, 0.15) is 5.75 Å². The largest absolute Gasteiger partial charge is 0.495 e. The fourth-order valence-electron chi connectivity index (χ4n) is 3.49. The highest BCUT2D eigenvalue weighted by molar-refractivity contribution is 5.30. The van der Waals surface area contributed by atoms with Crippen molar-refractivity contribution in [3.05, 3.63) is 58.9 Å². The number of aliphatic hydroxyl groups excluding tert-OH is 1. The summed E-state index contributed by atoms with van der Waals surface area (Å²) in [5.41, 5.74) is 4.34. The smallest absolute Gasteiger partial charge is 0.137 e. The Labute approximate surface area is 161 Å². The molecule has 1 aliphatic carbocycles. The summed E-state index contributed by atoms with van der Waals surface area (Å²) < 4.78 is 5.22. The molecule has 0 amide bonds. The van der Waals surface area contributed by atoms with Gasteiger partial charge >= 0.3 is 0 Å². The Morgan fingerprint density at radius 2 is 2.04 bits per heavy atom. The van der Waals surface area contributed by atoms with E-state index in [1.165, 1.54) is 16.7 Å². The predicted octanol–water partition coefficient (Wildman–Crippen LogP) is 3.69. The number of aromatic nitrogens is 1. The zero-order valence-electron chi connectivity index (χ0n) is 16.3. The summed E-state index contributed by atoms with van der Waals surface area (Å²) in [7, 11) is 1.59. The number of ether oxygens (including phenoxy) is 1. The first kappa shape index (κ1) is 19.3. The lowest BCUT2D eigenvalue weighted by atomic mass is 10.0. The van der Waals surface area contributed by atoms with Crippen LogP contribution in [0.4, 0.5) is 0 Å². The molecule has 1 aromatic heterocycles. The first-order valence-electron chi connectivity index (χ1n) is 9.32. The summed E-state index contributed by atoms with van der Waals surface area (Å²) in [6.07, 6.45) is 5.09. The second-order valence-electron chi connectivity index (χ2n) is 7.53. The van der Waals surface area contributed by atoms with Gasteiger partial charge in [-0.3, -0.25) is 9.88 Å². The highest BCUT2D eigenvalue weighted by atomic mass is 16.5. The van der Waals surface area contributed by atoms with Crippen LogP contribution in [-0.4, -0.2) is 34.2 Å². The lowest BCUT2D eigenvalue weighted by Crippen LogP contribution is -2.39. The van der Waals surface area contributed by atoms with Gasteiger partial charge in [-0.2, -0.15) is 5.26 Å². The number of pyridine rings is 1. The Bertz CT molecular complexity index is 840. The number of hydrogen-bond acceptors (Lipinski definition) is 5. The fraction of sp³-hybridized carbons (Fsp3) is 0.455. The van der Waals surface area contributed by atoms with Crippen molar-refractivity contribution < 1.29 is 9.84 Å². The van der Waals surface area contributed by atoms with Gasteiger partial charge in [0.05, 0.1) is 31.9 Å². The number of aryl methyl sites for hydroxylation is 2. The minimum atomic E-state index is -0.685. The average Bonchev–Trinajstić information content (AvgIpc) is 3.45. The van der Waals surface area contributed by atoms with E-state index in [-0.39, 0.29) is 5.54 Å². The Balaban J connectivity index is 1.81. The van der Waals surface area contributed by atoms with Gasteiger partial charge in [-0.15, -0.1) is 0 Å². The number of methoxy groups -OCH3 is 1. The third-order valence-electron chi connectivity index (χ3n) is 5.60. The Morgan fingerprint density at radius 1 is 1.26 bits per heavy atom. The minimum Gasteiger partial charge on any atom is -0.495 e. The third-order valence-corrected chi connectivity index (χ3v) is 5.60. The molecule has 142 valence electrons. The highest BCUT2D eigenvalue weighted by Gasteiger charge is 2.48. The van der Waals surface area contributed by atoms with Crippen molar-refractivity contribution in [2.75, 3.05) is 13.7 Å². The molecule has 1 unspecified atom stereocenters. The predicted molar refractivity (Wildman–Crippen MR) is 104 cm³/mol. The van der Waals surface area contributed by atoms with Crippen molar-refractivity contribution in [2.45, 2.75) is 51.3 Å². The molecule has 1 fully saturated rings. The highest BCUT2D eigenvalue weighted by Crippen LogP contribution is 2.46. The maximum Gasteiger partial charge on any atom is 0.137 e. The van der Waals surface area contributed by atoms with Gasteiger partial charge in [-0.1, -0.05) is 18.2 Å². The molecule has 0 saturated heterocycles. The number of nitriles is 1. The fourth-order valence-corrected chi connectivity index (χ4v) is 3.49. The van der Waals surface area contributed by atoms with E-state index in [4.69, 9.17) is 4.74 Å². The summed E-state index contributed by atoms with van der Waals surface area (Å²) in [5, 5.41) is 20.1. The summed E-state index contributed by atoms with van der Waals surface area (Å²) >= 11 is 0. The van der Waals surface area contributed by atoms with Crippen LogP contribution in [-0.2, 0) is 6.54 Å². The number of benzene rings is 1. The zero-order valence-corrected chi connectivity index (χ0v) is 16.3. The van der Waals surface area contributed by atoms with Gasteiger partial charge in [0.25, 0.3) is 0 Å². The van der Waals surface area contributed by atoms with Crippen LogP contribution in [0.25, 0.3) is 0 Å². The van der Waals surface area contributed by atoms with Crippen LogP contribution in [0.2, 0.25) is 0 Å². The molecule has 5 nitrogen and oxygen atoms in total. The normalized spacial score (nSPS) is 16.0. The molecule has 0 bridgehead atoms. The van der Waals surface area contributed by atoms with Gasteiger partial charge in [0, 0.05) is 30.4 Å². The molecule has 1 saturated carbocycles. The lowest BCUT2D eigenvalue weighted by molar-refractivity contribution is 0.0725. The minimum absolute atomic E-state index is 0.124. The van der Waals surface area contributed by atoms with Gasteiger partial charge in [0.15, 0.2) is 0 Å². The second kappa shape index (κ2) is 8.08. The lowest BCUT2D eigenvalue weighted by Gasteiger charge is -2.32. The van der Waals surface area contributed by atoms with Crippen molar-refractivity contribution in [3.63, 3.8) is 0 Å². The maximum atomic E-state index is 10.8. The number of hydrogen-bond donors (Lipinski definition) is 1. The second-order valence-corrected chi connectivity index (χ2v) is 7.53. The van der Waals surface area contributed by atoms with Crippen LogP contribution < -0.4 is 4.74 Å². The van der Waals surface area contributed by atoms with Crippen molar-refractivity contribution in [3.8, 4) is 11.8 Å². The van der Waals surface area contributed by atoms with Gasteiger partial charge in [0.2, 0.25) is 0 Å². The van der Waals surface area contributed by atoms with Gasteiger partial charge in [-0.05, 0) is 49.4 Å². The molecule has 1 heterocycles. The van der Waals surface area contributed by atoms with E-state index in [1.807, 2.05) is 6.07 Å². The molecule has 0 aliphatic heterocycles. The van der Waals surface area contributed by atoms with Crippen molar-refractivity contribution >= 4 is 0 Å². The first-order valence-corrected chi connectivity index (χ1v) is 9.32. The van der Waals surface area contributed by atoms with E-state index >= 15 is 0 Å². The Kier molecular flexibility index (Phi) is 5.79. The molecule has 0 radical (unpaired) electrons. The molecular weight excluding hydrogens is 338 g/mol. The van der Waals surface area contributed by atoms with Crippen LogP contribution in [0.15, 0.2) is 36.7 Å². The van der Waals surface area contributed by atoms with E-state index in [9.17, 15) is 10.4 Å². The van der Waals surface area contributed by atoms with Gasteiger partial charge in [-0.25, -0.2) is 0 Å². The first-order chi connectivity index (χ1) is 13.0. The third kappa shape index (κ3) is 4.47. The monoisotopic (exact) mass is 365 g/mol. The molecule has 27 heavy (non-hydrogen) atoms. The quantitative estimate of drug-likeness (QED) is 0.773. The number of nitrogens with zero attached hydrogens (tertiary/aromatic N) is 3. The summed E-state index contributed by atoms with van der Waals surface area (Å²) in [6, 6.07) is 10.6. The molecule has 3 rings (SSSR count). The SMILES string of the molecule is COc1cncc(C(O)CN(Cc2ccc(C)c(C)c2)C2(CC#N)CC2)c1. The van der Waals surface area contributed by atoms with Crippen molar-refractivity contribution in [1.82, 2.24) is 9.88 Å². The van der Waals surface area contributed by atoms with Crippen LogP contribution in [0, 0.1) is 25.2 Å². The van der Waals surface area contributed by atoms with Crippen LogP contribution in [0.3, 0.4) is 0 Å². The molecule has 1 aliphatic rings. The van der Waals surface area contributed by atoms with E-state index < -0.39 is 6.10 Å². The van der Waals surface area contributed by atoms with Crippen LogP contribution in [0.5, 0.6) is 5.75 Å². The van der Waals surface area contributed by atoms with E-state index in [1.54, 1.807) is 19.5 Å². The Morgan fingerprint density at radius 3 is 2.67 bits per heavy atom.